The third-order valence-corrected chi connectivity index (χ3v) is 3.98. The number of rotatable bonds is 3. The molecule has 1 fully saturated rings. The zero-order valence-electron chi connectivity index (χ0n) is 11.2. The van der Waals surface area contributed by atoms with E-state index in [1.165, 1.54) is 30.6 Å². The lowest BCUT2D eigenvalue weighted by atomic mass is 9.85. The SMILES string of the molecule is CC(C)c1nc2cc(N)ccc2n1CC1CCC1. The number of anilines is 1. The first kappa shape index (κ1) is 11.6. The summed E-state index contributed by atoms with van der Waals surface area (Å²) in [5, 5.41) is 0. The molecule has 1 aliphatic rings. The van der Waals surface area contributed by atoms with E-state index >= 15 is 0 Å². The number of hydrogen-bond acceptors (Lipinski definition) is 2. The molecule has 0 unspecified atom stereocenters. The number of hydrogen-bond donors (Lipinski definition) is 1. The zero-order valence-corrected chi connectivity index (χ0v) is 11.2. The lowest BCUT2D eigenvalue weighted by Gasteiger charge is -2.27. The summed E-state index contributed by atoms with van der Waals surface area (Å²) in [6, 6.07) is 6.08. The molecule has 3 nitrogen and oxygen atoms in total. The molecule has 0 atom stereocenters. The molecular formula is C15H21N3. The summed E-state index contributed by atoms with van der Waals surface area (Å²) in [6.45, 7) is 5.54. The molecule has 18 heavy (non-hydrogen) atoms. The quantitative estimate of drug-likeness (QED) is 0.838. The Morgan fingerprint density at radius 3 is 2.78 bits per heavy atom. The summed E-state index contributed by atoms with van der Waals surface area (Å²) in [4.78, 5) is 4.77. The van der Waals surface area contributed by atoms with E-state index in [4.69, 9.17) is 10.7 Å². The molecule has 2 aromatic rings. The molecule has 0 aliphatic heterocycles. The van der Waals surface area contributed by atoms with Gasteiger partial charge in [0.15, 0.2) is 0 Å². The van der Waals surface area contributed by atoms with Crippen molar-refractivity contribution in [3.05, 3.63) is 24.0 Å². The average molecular weight is 243 g/mol. The van der Waals surface area contributed by atoms with Crippen LogP contribution in [0.25, 0.3) is 11.0 Å². The highest BCUT2D eigenvalue weighted by Gasteiger charge is 2.21. The molecule has 1 aromatic heterocycles. The molecule has 0 spiro atoms. The maximum Gasteiger partial charge on any atom is 0.112 e. The molecule has 0 bridgehead atoms. The summed E-state index contributed by atoms with van der Waals surface area (Å²) in [5.74, 6) is 2.50. The molecule has 0 radical (unpaired) electrons. The van der Waals surface area contributed by atoms with Gasteiger partial charge in [0, 0.05) is 18.2 Å². The van der Waals surface area contributed by atoms with E-state index in [0.717, 1.165) is 23.7 Å². The molecule has 0 amide bonds. The van der Waals surface area contributed by atoms with Gasteiger partial charge in [0.05, 0.1) is 11.0 Å². The first-order valence-corrected chi connectivity index (χ1v) is 6.91. The molecule has 96 valence electrons. The van der Waals surface area contributed by atoms with Crippen molar-refractivity contribution in [3.63, 3.8) is 0 Å². The maximum absolute atomic E-state index is 5.85. The monoisotopic (exact) mass is 243 g/mol. The van der Waals surface area contributed by atoms with Crippen LogP contribution in [-0.2, 0) is 6.54 Å². The van der Waals surface area contributed by atoms with Gasteiger partial charge < -0.3 is 10.3 Å². The Hall–Kier alpha value is -1.51. The highest BCUT2D eigenvalue weighted by atomic mass is 15.1. The van der Waals surface area contributed by atoms with Gasteiger partial charge in [0.2, 0.25) is 0 Å². The highest BCUT2D eigenvalue weighted by molar-refractivity contribution is 5.79. The molecule has 3 rings (SSSR count). The number of imidazole rings is 1. The van der Waals surface area contributed by atoms with E-state index in [0.29, 0.717) is 5.92 Å². The summed E-state index contributed by atoms with van der Waals surface area (Å²) in [7, 11) is 0. The zero-order chi connectivity index (χ0) is 12.7. The minimum atomic E-state index is 0.457. The smallest absolute Gasteiger partial charge is 0.112 e. The van der Waals surface area contributed by atoms with Gasteiger partial charge in [-0.05, 0) is 37.0 Å². The Morgan fingerprint density at radius 1 is 1.39 bits per heavy atom. The second-order valence-corrected chi connectivity index (χ2v) is 5.78. The van der Waals surface area contributed by atoms with Gasteiger partial charge in [0.25, 0.3) is 0 Å². The van der Waals surface area contributed by atoms with Crippen LogP contribution < -0.4 is 5.73 Å². The van der Waals surface area contributed by atoms with Crippen LogP contribution in [0.2, 0.25) is 0 Å². The molecule has 3 heteroatoms. The number of nitrogens with two attached hydrogens (primary N) is 1. The minimum Gasteiger partial charge on any atom is -0.399 e. The normalized spacial score (nSPS) is 16.4. The van der Waals surface area contributed by atoms with Crippen molar-refractivity contribution in [2.75, 3.05) is 5.73 Å². The molecule has 0 saturated heterocycles. The van der Waals surface area contributed by atoms with Gasteiger partial charge in [-0.25, -0.2) is 4.98 Å². The largest absolute Gasteiger partial charge is 0.399 e. The van der Waals surface area contributed by atoms with Crippen LogP contribution in [0.1, 0.15) is 44.9 Å². The summed E-state index contributed by atoms with van der Waals surface area (Å²) < 4.78 is 2.41. The fraction of sp³-hybridized carbons (Fsp3) is 0.533. The third-order valence-electron chi connectivity index (χ3n) is 3.98. The fourth-order valence-electron chi connectivity index (χ4n) is 2.73. The highest BCUT2D eigenvalue weighted by Crippen LogP contribution is 2.31. The predicted octanol–water partition coefficient (Wildman–Crippen LogP) is 3.54. The fourth-order valence-corrected chi connectivity index (χ4v) is 2.73. The predicted molar refractivity (Wildman–Crippen MR) is 75.6 cm³/mol. The molecule has 1 aromatic carbocycles. The molecule has 2 N–H and O–H groups in total. The van der Waals surface area contributed by atoms with E-state index in [2.05, 4.69) is 24.5 Å². The number of benzene rings is 1. The van der Waals surface area contributed by atoms with Crippen LogP contribution in [0.4, 0.5) is 5.69 Å². The number of fused-ring (bicyclic) bond motifs is 1. The third kappa shape index (κ3) is 1.88. The molecule has 1 aliphatic carbocycles. The van der Waals surface area contributed by atoms with Crippen molar-refractivity contribution in [2.45, 2.75) is 45.6 Å². The lowest BCUT2D eigenvalue weighted by molar-refractivity contribution is 0.275. The Kier molecular flexibility index (Phi) is 2.77. The van der Waals surface area contributed by atoms with Crippen LogP contribution in [0, 0.1) is 5.92 Å². The van der Waals surface area contributed by atoms with Gasteiger partial charge >= 0.3 is 0 Å². The van der Waals surface area contributed by atoms with Gasteiger partial charge in [-0.2, -0.15) is 0 Å². The lowest BCUT2D eigenvalue weighted by Crippen LogP contribution is -2.19. The second-order valence-electron chi connectivity index (χ2n) is 5.78. The Bertz CT molecular complexity index is 564. The molecule has 1 heterocycles. The van der Waals surface area contributed by atoms with Gasteiger partial charge in [-0.1, -0.05) is 20.3 Å². The van der Waals surface area contributed by atoms with Crippen LogP contribution in [0.3, 0.4) is 0 Å². The van der Waals surface area contributed by atoms with Crippen molar-refractivity contribution in [3.8, 4) is 0 Å². The second kappa shape index (κ2) is 4.30. The number of nitrogen functional groups attached to an aromatic ring is 1. The number of aromatic nitrogens is 2. The Balaban J connectivity index is 2.08. The van der Waals surface area contributed by atoms with Crippen LogP contribution in [0.5, 0.6) is 0 Å². The van der Waals surface area contributed by atoms with E-state index in [1.807, 2.05) is 12.1 Å². The van der Waals surface area contributed by atoms with Crippen molar-refractivity contribution in [1.82, 2.24) is 9.55 Å². The van der Waals surface area contributed by atoms with Crippen LogP contribution >= 0.6 is 0 Å². The average Bonchev–Trinajstić information content (AvgIpc) is 2.61. The van der Waals surface area contributed by atoms with Crippen molar-refractivity contribution in [1.29, 1.82) is 0 Å². The standard InChI is InChI=1S/C15H21N3/c1-10(2)15-17-13-8-12(16)6-7-14(13)18(15)9-11-4-3-5-11/h6-8,10-11H,3-5,9,16H2,1-2H3. The van der Waals surface area contributed by atoms with Crippen molar-refractivity contribution < 1.29 is 0 Å². The van der Waals surface area contributed by atoms with E-state index in [9.17, 15) is 0 Å². The summed E-state index contributed by atoms with van der Waals surface area (Å²) in [6.07, 6.45) is 4.12. The van der Waals surface area contributed by atoms with E-state index < -0.39 is 0 Å². The minimum absolute atomic E-state index is 0.457. The van der Waals surface area contributed by atoms with Gasteiger partial charge in [0.1, 0.15) is 5.82 Å². The summed E-state index contributed by atoms with van der Waals surface area (Å²) in [5.41, 5.74) is 8.92. The van der Waals surface area contributed by atoms with Crippen molar-refractivity contribution >= 4 is 16.7 Å². The van der Waals surface area contributed by atoms with Gasteiger partial charge in [-0.15, -0.1) is 0 Å². The number of nitrogens with zero attached hydrogens (tertiary/aromatic N) is 2. The van der Waals surface area contributed by atoms with Crippen LogP contribution in [-0.4, -0.2) is 9.55 Å². The first-order chi connectivity index (χ1) is 8.65. The first-order valence-electron chi connectivity index (χ1n) is 6.91. The van der Waals surface area contributed by atoms with E-state index in [1.54, 1.807) is 0 Å². The Morgan fingerprint density at radius 2 is 2.17 bits per heavy atom. The molecule has 1 saturated carbocycles. The maximum atomic E-state index is 5.85. The van der Waals surface area contributed by atoms with Gasteiger partial charge in [-0.3, -0.25) is 0 Å². The summed E-state index contributed by atoms with van der Waals surface area (Å²) >= 11 is 0. The topological polar surface area (TPSA) is 43.8 Å². The molecular weight excluding hydrogens is 222 g/mol. The van der Waals surface area contributed by atoms with Crippen LogP contribution in [0.15, 0.2) is 18.2 Å². The Labute approximate surface area is 108 Å². The van der Waals surface area contributed by atoms with E-state index in [-0.39, 0.29) is 0 Å². The van der Waals surface area contributed by atoms with Crippen molar-refractivity contribution in [2.24, 2.45) is 5.92 Å².